The maximum absolute atomic E-state index is 12.9. The maximum atomic E-state index is 12.9. The van der Waals surface area contributed by atoms with Crippen molar-refractivity contribution < 1.29 is 4.39 Å². The van der Waals surface area contributed by atoms with Gasteiger partial charge in [0, 0.05) is 12.8 Å². The van der Waals surface area contributed by atoms with E-state index in [4.69, 9.17) is 5.26 Å². The van der Waals surface area contributed by atoms with Gasteiger partial charge < -0.3 is 0 Å². The van der Waals surface area contributed by atoms with E-state index in [9.17, 15) is 4.39 Å². The van der Waals surface area contributed by atoms with Crippen molar-refractivity contribution in [2.75, 3.05) is 0 Å². The maximum Gasteiger partial charge on any atom is 0.186 e. The number of nitriles is 1. The lowest BCUT2D eigenvalue weighted by molar-refractivity contribution is 0.627. The van der Waals surface area contributed by atoms with E-state index in [1.54, 1.807) is 17.8 Å². The molecule has 0 aliphatic carbocycles. The van der Waals surface area contributed by atoms with Crippen LogP contribution in [0.4, 0.5) is 4.39 Å². The van der Waals surface area contributed by atoms with Gasteiger partial charge in [-0.2, -0.15) is 10.4 Å². The summed E-state index contributed by atoms with van der Waals surface area (Å²) >= 11 is 1.46. The minimum Gasteiger partial charge on any atom is -0.244 e. The molecule has 86 valence electrons. The zero-order valence-electron chi connectivity index (χ0n) is 9.09. The van der Waals surface area contributed by atoms with Crippen LogP contribution in [-0.4, -0.2) is 14.8 Å². The van der Waals surface area contributed by atoms with Gasteiger partial charge in [-0.05, 0) is 17.7 Å². The van der Waals surface area contributed by atoms with Gasteiger partial charge in [-0.1, -0.05) is 17.8 Å². The number of hydrogen-bond acceptors (Lipinski definition) is 4. The summed E-state index contributed by atoms with van der Waals surface area (Å²) in [6.07, 6.45) is 1.47. The summed E-state index contributed by atoms with van der Waals surface area (Å²) in [5.74, 6) is 0.171. The van der Waals surface area contributed by atoms with Crippen LogP contribution in [0.5, 0.6) is 0 Å². The molecule has 1 heterocycles. The van der Waals surface area contributed by atoms with Gasteiger partial charge in [0.05, 0.1) is 11.6 Å². The zero-order valence-corrected chi connectivity index (χ0v) is 9.91. The molecule has 0 radical (unpaired) electrons. The SMILES string of the molecule is Cn1ncnc1SCc1ccc(F)cc1C#N. The van der Waals surface area contributed by atoms with Crippen LogP contribution in [0.25, 0.3) is 0 Å². The Morgan fingerprint density at radius 1 is 1.53 bits per heavy atom. The number of aromatic nitrogens is 3. The van der Waals surface area contributed by atoms with Gasteiger partial charge >= 0.3 is 0 Å². The molecule has 0 bridgehead atoms. The minimum absolute atomic E-state index is 0.361. The molecular weight excluding hydrogens is 239 g/mol. The number of hydrogen-bond donors (Lipinski definition) is 0. The predicted molar refractivity (Wildman–Crippen MR) is 61.7 cm³/mol. The van der Waals surface area contributed by atoms with E-state index in [-0.39, 0.29) is 0 Å². The lowest BCUT2D eigenvalue weighted by Crippen LogP contribution is -1.94. The number of halogens is 1. The number of rotatable bonds is 3. The molecular formula is C11H9FN4S. The van der Waals surface area contributed by atoms with E-state index in [1.165, 1.54) is 30.2 Å². The molecule has 1 aromatic heterocycles. The van der Waals surface area contributed by atoms with Crippen molar-refractivity contribution in [3.05, 3.63) is 41.5 Å². The predicted octanol–water partition coefficient (Wildman–Crippen LogP) is 2.12. The van der Waals surface area contributed by atoms with Crippen molar-refractivity contribution in [3.8, 4) is 6.07 Å². The van der Waals surface area contributed by atoms with Crippen molar-refractivity contribution in [2.24, 2.45) is 7.05 Å². The summed E-state index contributed by atoms with van der Waals surface area (Å²) in [5.41, 5.74) is 1.15. The smallest absolute Gasteiger partial charge is 0.186 e. The summed E-state index contributed by atoms with van der Waals surface area (Å²) in [6.45, 7) is 0. The fourth-order valence-electron chi connectivity index (χ4n) is 1.34. The van der Waals surface area contributed by atoms with E-state index < -0.39 is 5.82 Å². The molecule has 4 nitrogen and oxygen atoms in total. The fourth-order valence-corrected chi connectivity index (χ4v) is 2.23. The third-order valence-electron chi connectivity index (χ3n) is 2.22. The average molecular weight is 248 g/mol. The number of nitrogens with zero attached hydrogens (tertiary/aromatic N) is 4. The van der Waals surface area contributed by atoms with Crippen LogP contribution in [0.3, 0.4) is 0 Å². The average Bonchev–Trinajstić information content (AvgIpc) is 2.73. The summed E-state index contributed by atoms with van der Waals surface area (Å²) in [6, 6.07) is 6.20. The summed E-state index contributed by atoms with van der Waals surface area (Å²) < 4.78 is 14.6. The molecule has 1 aromatic carbocycles. The summed E-state index contributed by atoms with van der Waals surface area (Å²) in [5, 5.41) is 13.6. The second kappa shape index (κ2) is 4.97. The van der Waals surface area contributed by atoms with E-state index in [0.717, 1.165) is 10.7 Å². The fraction of sp³-hybridized carbons (Fsp3) is 0.182. The normalized spacial score (nSPS) is 10.2. The lowest BCUT2D eigenvalue weighted by Gasteiger charge is -2.03. The third kappa shape index (κ3) is 2.63. The Hall–Kier alpha value is -1.87. The topological polar surface area (TPSA) is 54.5 Å². The van der Waals surface area contributed by atoms with Crippen LogP contribution in [0, 0.1) is 17.1 Å². The third-order valence-corrected chi connectivity index (χ3v) is 3.30. The summed E-state index contributed by atoms with van der Waals surface area (Å²) in [4.78, 5) is 4.06. The molecule has 2 rings (SSSR count). The highest BCUT2D eigenvalue weighted by Gasteiger charge is 2.07. The van der Waals surface area contributed by atoms with Gasteiger partial charge in [-0.3, -0.25) is 0 Å². The molecule has 0 atom stereocenters. The Morgan fingerprint density at radius 3 is 3.00 bits per heavy atom. The van der Waals surface area contributed by atoms with Crippen LogP contribution >= 0.6 is 11.8 Å². The van der Waals surface area contributed by atoms with Crippen molar-refractivity contribution in [1.82, 2.24) is 14.8 Å². The highest BCUT2D eigenvalue weighted by Crippen LogP contribution is 2.22. The highest BCUT2D eigenvalue weighted by atomic mass is 32.2. The van der Waals surface area contributed by atoms with E-state index >= 15 is 0 Å². The van der Waals surface area contributed by atoms with Crippen molar-refractivity contribution >= 4 is 11.8 Å². The van der Waals surface area contributed by atoms with Gasteiger partial charge in [-0.25, -0.2) is 14.1 Å². The van der Waals surface area contributed by atoms with Crippen LogP contribution in [0.2, 0.25) is 0 Å². The van der Waals surface area contributed by atoms with Gasteiger partial charge in [0.25, 0.3) is 0 Å². The van der Waals surface area contributed by atoms with Crippen LogP contribution < -0.4 is 0 Å². The first-order valence-corrected chi connectivity index (χ1v) is 5.84. The molecule has 0 amide bonds. The Kier molecular flexibility index (Phi) is 3.40. The first-order chi connectivity index (χ1) is 8.20. The first kappa shape index (κ1) is 11.6. The highest BCUT2D eigenvalue weighted by molar-refractivity contribution is 7.98. The van der Waals surface area contributed by atoms with E-state index in [2.05, 4.69) is 10.1 Å². The zero-order chi connectivity index (χ0) is 12.3. The Balaban J connectivity index is 2.15. The van der Waals surface area contributed by atoms with Crippen LogP contribution in [0.1, 0.15) is 11.1 Å². The molecule has 6 heteroatoms. The van der Waals surface area contributed by atoms with Gasteiger partial charge in [0.15, 0.2) is 5.16 Å². The molecule has 0 saturated heterocycles. The van der Waals surface area contributed by atoms with Gasteiger partial charge in [-0.15, -0.1) is 0 Å². The number of thioether (sulfide) groups is 1. The molecule has 0 aliphatic rings. The van der Waals surface area contributed by atoms with E-state index in [1.807, 2.05) is 6.07 Å². The van der Waals surface area contributed by atoms with Crippen molar-refractivity contribution in [1.29, 1.82) is 5.26 Å². The van der Waals surface area contributed by atoms with Gasteiger partial charge in [0.1, 0.15) is 12.1 Å². The number of aryl methyl sites for hydroxylation is 1. The van der Waals surface area contributed by atoms with Gasteiger partial charge in [0.2, 0.25) is 0 Å². The Bertz CT molecular complexity index is 573. The lowest BCUT2D eigenvalue weighted by atomic mass is 10.1. The summed E-state index contributed by atoms with van der Waals surface area (Å²) in [7, 11) is 1.80. The Morgan fingerprint density at radius 2 is 2.35 bits per heavy atom. The molecule has 0 unspecified atom stereocenters. The quantitative estimate of drug-likeness (QED) is 0.781. The van der Waals surface area contributed by atoms with E-state index in [0.29, 0.717) is 11.3 Å². The van der Waals surface area contributed by atoms with Crippen molar-refractivity contribution in [3.63, 3.8) is 0 Å². The minimum atomic E-state index is -0.394. The second-order valence-corrected chi connectivity index (χ2v) is 4.31. The molecule has 0 aliphatic heterocycles. The second-order valence-electron chi connectivity index (χ2n) is 3.37. The first-order valence-electron chi connectivity index (χ1n) is 4.86. The monoisotopic (exact) mass is 248 g/mol. The van der Waals surface area contributed by atoms with Crippen LogP contribution in [-0.2, 0) is 12.8 Å². The molecule has 0 saturated carbocycles. The standard InChI is InChI=1S/C11H9FN4S/c1-16-11(14-7-15-16)17-6-8-2-3-10(12)4-9(8)5-13/h2-4,7H,6H2,1H3. The molecule has 0 fully saturated rings. The van der Waals surface area contributed by atoms with Crippen LogP contribution in [0.15, 0.2) is 29.7 Å². The largest absolute Gasteiger partial charge is 0.244 e. The molecule has 0 spiro atoms. The number of benzene rings is 1. The molecule has 17 heavy (non-hydrogen) atoms. The van der Waals surface area contributed by atoms with Crippen molar-refractivity contribution in [2.45, 2.75) is 10.9 Å². The molecule has 2 aromatic rings. The molecule has 0 N–H and O–H groups in total. The Labute approximate surface area is 102 Å².